The summed E-state index contributed by atoms with van der Waals surface area (Å²) in [6, 6.07) is 13.1. The van der Waals surface area contributed by atoms with Gasteiger partial charge in [-0.2, -0.15) is 0 Å². The van der Waals surface area contributed by atoms with Gasteiger partial charge in [0.1, 0.15) is 18.1 Å². The lowest BCUT2D eigenvalue weighted by molar-refractivity contribution is -0.121. The minimum atomic E-state index is -0.0312. The predicted molar refractivity (Wildman–Crippen MR) is 98.6 cm³/mol. The second kappa shape index (κ2) is 7.66. The number of hydrogen-bond donors (Lipinski definition) is 1. The Labute approximate surface area is 152 Å². The van der Waals surface area contributed by atoms with E-state index in [1.54, 1.807) is 13.2 Å². The SMILES string of the molecule is COc1cccc(CNC(=O)C[C@@H]2COc3ccc(Cl)cc3N2C)c1. The van der Waals surface area contributed by atoms with E-state index in [-0.39, 0.29) is 11.9 Å². The van der Waals surface area contributed by atoms with E-state index in [0.29, 0.717) is 24.6 Å². The molecule has 5 nitrogen and oxygen atoms in total. The molecule has 0 bridgehead atoms. The second-order valence-corrected chi connectivity index (χ2v) is 6.46. The van der Waals surface area contributed by atoms with E-state index in [9.17, 15) is 4.79 Å². The molecular formula is C19H21ClN2O3. The summed E-state index contributed by atoms with van der Waals surface area (Å²) in [4.78, 5) is 14.4. The smallest absolute Gasteiger partial charge is 0.222 e. The van der Waals surface area contributed by atoms with Crippen molar-refractivity contribution in [2.75, 3.05) is 25.7 Å². The lowest BCUT2D eigenvalue weighted by Gasteiger charge is -2.35. The number of ether oxygens (including phenoxy) is 2. The van der Waals surface area contributed by atoms with Crippen LogP contribution in [0.5, 0.6) is 11.5 Å². The Morgan fingerprint density at radius 2 is 2.20 bits per heavy atom. The number of nitrogens with one attached hydrogen (secondary N) is 1. The summed E-state index contributed by atoms with van der Waals surface area (Å²) >= 11 is 6.07. The topological polar surface area (TPSA) is 50.8 Å². The summed E-state index contributed by atoms with van der Waals surface area (Å²) in [7, 11) is 3.58. The van der Waals surface area contributed by atoms with Crippen molar-refractivity contribution in [3.8, 4) is 11.5 Å². The van der Waals surface area contributed by atoms with Gasteiger partial charge in [0.15, 0.2) is 0 Å². The van der Waals surface area contributed by atoms with Crippen LogP contribution in [-0.2, 0) is 11.3 Å². The van der Waals surface area contributed by atoms with Crippen LogP contribution in [0, 0.1) is 0 Å². The summed E-state index contributed by atoms with van der Waals surface area (Å²) in [6.45, 7) is 0.938. The molecule has 0 aromatic heterocycles. The zero-order valence-electron chi connectivity index (χ0n) is 14.3. The van der Waals surface area contributed by atoms with Gasteiger partial charge in [-0.1, -0.05) is 23.7 Å². The predicted octanol–water partition coefficient (Wildman–Crippen LogP) is 3.25. The number of methoxy groups -OCH3 is 1. The van der Waals surface area contributed by atoms with Crippen LogP contribution < -0.4 is 19.7 Å². The van der Waals surface area contributed by atoms with E-state index in [1.807, 2.05) is 43.4 Å². The maximum Gasteiger partial charge on any atom is 0.222 e. The molecule has 1 aliphatic heterocycles. The van der Waals surface area contributed by atoms with E-state index in [0.717, 1.165) is 22.7 Å². The van der Waals surface area contributed by atoms with E-state index in [1.165, 1.54) is 0 Å². The molecule has 0 saturated carbocycles. The summed E-state index contributed by atoms with van der Waals surface area (Å²) in [6.07, 6.45) is 0.354. The normalized spacial score (nSPS) is 16.0. The molecule has 2 aromatic rings. The zero-order valence-corrected chi connectivity index (χ0v) is 15.0. The first-order valence-electron chi connectivity index (χ1n) is 8.11. The van der Waals surface area contributed by atoms with E-state index >= 15 is 0 Å². The number of nitrogens with zero attached hydrogens (tertiary/aromatic N) is 1. The third kappa shape index (κ3) is 4.17. The first-order chi connectivity index (χ1) is 12.1. The van der Waals surface area contributed by atoms with Crippen LogP contribution in [0.2, 0.25) is 5.02 Å². The Morgan fingerprint density at radius 3 is 3.00 bits per heavy atom. The lowest BCUT2D eigenvalue weighted by atomic mass is 10.1. The van der Waals surface area contributed by atoms with Crippen LogP contribution in [0.25, 0.3) is 0 Å². The van der Waals surface area contributed by atoms with E-state index in [4.69, 9.17) is 21.1 Å². The number of fused-ring (bicyclic) bond motifs is 1. The summed E-state index contributed by atoms with van der Waals surface area (Å²) in [5.41, 5.74) is 1.91. The van der Waals surface area contributed by atoms with Gasteiger partial charge in [-0.15, -0.1) is 0 Å². The highest BCUT2D eigenvalue weighted by atomic mass is 35.5. The minimum absolute atomic E-state index is 0.0197. The van der Waals surface area contributed by atoms with Crippen molar-refractivity contribution in [2.24, 2.45) is 0 Å². The summed E-state index contributed by atoms with van der Waals surface area (Å²) in [5, 5.41) is 3.60. The zero-order chi connectivity index (χ0) is 17.8. The Morgan fingerprint density at radius 1 is 1.36 bits per heavy atom. The minimum Gasteiger partial charge on any atom is -0.497 e. The number of anilines is 1. The fourth-order valence-electron chi connectivity index (χ4n) is 2.85. The van der Waals surface area contributed by atoms with Crippen LogP contribution in [0.3, 0.4) is 0 Å². The van der Waals surface area contributed by atoms with Crippen LogP contribution >= 0.6 is 11.6 Å². The third-order valence-electron chi connectivity index (χ3n) is 4.32. The molecule has 0 unspecified atom stereocenters. The Bertz CT molecular complexity index is 766. The van der Waals surface area contributed by atoms with E-state index < -0.39 is 0 Å². The van der Waals surface area contributed by atoms with Crippen molar-refractivity contribution >= 4 is 23.2 Å². The van der Waals surface area contributed by atoms with Gasteiger partial charge in [0.25, 0.3) is 0 Å². The Hall–Kier alpha value is -2.40. The van der Waals surface area contributed by atoms with Crippen LogP contribution in [0.15, 0.2) is 42.5 Å². The fourth-order valence-corrected chi connectivity index (χ4v) is 3.01. The average molecular weight is 361 g/mol. The molecule has 0 aliphatic carbocycles. The van der Waals surface area contributed by atoms with Crippen molar-refractivity contribution in [2.45, 2.75) is 19.0 Å². The molecule has 6 heteroatoms. The maximum absolute atomic E-state index is 12.3. The largest absolute Gasteiger partial charge is 0.497 e. The first kappa shape index (κ1) is 17.4. The molecule has 1 aliphatic rings. The molecule has 1 N–H and O–H groups in total. The van der Waals surface area contributed by atoms with Gasteiger partial charge in [0.05, 0.1) is 25.3 Å². The monoisotopic (exact) mass is 360 g/mol. The van der Waals surface area contributed by atoms with Crippen LogP contribution in [-0.4, -0.2) is 32.7 Å². The Balaban J connectivity index is 1.58. The van der Waals surface area contributed by atoms with Gasteiger partial charge in [-0.3, -0.25) is 4.79 Å². The molecule has 0 fully saturated rings. The van der Waals surface area contributed by atoms with Gasteiger partial charge in [-0.05, 0) is 35.9 Å². The molecule has 1 atom stereocenters. The molecule has 132 valence electrons. The standard InChI is InChI=1S/C19H21ClN2O3/c1-22-15(12-25-18-7-6-14(20)9-17(18)22)10-19(23)21-11-13-4-3-5-16(8-13)24-2/h3-9,15H,10-12H2,1-2H3,(H,21,23)/t15-/m1/s1. The van der Waals surface area contributed by atoms with E-state index in [2.05, 4.69) is 10.2 Å². The molecule has 0 radical (unpaired) electrons. The van der Waals surface area contributed by atoms with Crippen molar-refractivity contribution in [3.05, 3.63) is 53.1 Å². The van der Waals surface area contributed by atoms with Crippen molar-refractivity contribution in [1.82, 2.24) is 5.32 Å². The van der Waals surface area contributed by atoms with Gasteiger partial charge >= 0.3 is 0 Å². The molecule has 0 saturated heterocycles. The van der Waals surface area contributed by atoms with Gasteiger partial charge < -0.3 is 19.7 Å². The van der Waals surface area contributed by atoms with Crippen LogP contribution in [0.4, 0.5) is 5.69 Å². The van der Waals surface area contributed by atoms with Gasteiger partial charge in [-0.25, -0.2) is 0 Å². The highest BCUT2D eigenvalue weighted by molar-refractivity contribution is 6.31. The second-order valence-electron chi connectivity index (χ2n) is 6.02. The number of rotatable bonds is 5. The first-order valence-corrected chi connectivity index (χ1v) is 8.49. The van der Waals surface area contributed by atoms with Crippen molar-refractivity contribution < 1.29 is 14.3 Å². The number of carbonyl (C=O) groups excluding carboxylic acids is 1. The van der Waals surface area contributed by atoms with Crippen molar-refractivity contribution in [3.63, 3.8) is 0 Å². The van der Waals surface area contributed by atoms with Gasteiger partial charge in [0, 0.05) is 18.6 Å². The lowest BCUT2D eigenvalue weighted by Crippen LogP contribution is -2.43. The number of amides is 1. The molecule has 0 spiro atoms. The summed E-state index contributed by atoms with van der Waals surface area (Å²) in [5.74, 6) is 1.55. The molecule has 3 rings (SSSR count). The third-order valence-corrected chi connectivity index (χ3v) is 4.56. The molecule has 1 amide bonds. The summed E-state index contributed by atoms with van der Waals surface area (Å²) < 4.78 is 11.0. The fraction of sp³-hybridized carbons (Fsp3) is 0.316. The molecule has 2 aromatic carbocycles. The number of carbonyl (C=O) groups is 1. The van der Waals surface area contributed by atoms with Crippen LogP contribution in [0.1, 0.15) is 12.0 Å². The average Bonchev–Trinajstić information content (AvgIpc) is 2.63. The number of halogens is 1. The van der Waals surface area contributed by atoms with Crippen molar-refractivity contribution in [1.29, 1.82) is 0 Å². The Kier molecular flexibility index (Phi) is 5.34. The number of benzene rings is 2. The maximum atomic E-state index is 12.3. The molecule has 25 heavy (non-hydrogen) atoms. The molecular weight excluding hydrogens is 340 g/mol. The number of hydrogen-bond acceptors (Lipinski definition) is 4. The molecule has 1 heterocycles. The van der Waals surface area contributed by atoms with Gasteiger partial charge in [0.2, 0.25) is 5.91 Å². The highest BCUT2D eigenvalue weighted by Crippen LogP contribution is 2.35. The highest BCUT2D eigenvalue weighted by Gasteiger charge is 2.26. The number of likely N-dealkylation sites (N-methyl/N-ethyl adjacent to an activating group) is 1. The quantitative estimate of drug-likeness (QED) is 0.889.